The fourth-order valence-corrected chi connectivity index (χ4v) is 15.0. The van der Waals surface area contributed by atoms with Crippen molar-refractivity contribution in [3.05, 3.63) is 122 Å². The van der Waals surface area contributed by atoms with Crippen LogP contribution in [0.5, 0.6) is 0 Å². The number of hydrogen-bond acceptors (Lipinski definition) is 11. The summed E-state index contributed by atoms with van der Waals surface area (Å²) in [6.45, 7) is 8.41. The molecule has 6 aliphatic rings. The largest absolute Gasteiger partial charge is 0.391 e. The lowest BCUT2D eigenvalue weighted by molar-refractivity contribution is -0.144. The monoisotopic (exact) mass is 1040 g/mol. The average molecular weight is 1040 g/mol. The second-order valence-electron chi connectivity index (χ2n) is 22.5. The van der Waals surface area contributed by atoms with Crippen LogP contribution in [0.15, 0.2) is 77.2 Å². The van der Waals surface area contributed by atoms with Gasteiger partial charge in [0.05, 0.1) is 60.9 Å². The molecule has 4 atom stereocenters. The molecule has 6 aromatic rings. The van der Waals surface area contributed by atoms with E-state index in [2.05, 4.69) is 55.3 Å². The van der Waals surface area contributed by atoms with Crippen molar-refractivity contribution in [1.82, 2.24) is 44.6 Å². The Morgan fingerprint density at radius 2 is 1.72 bits per heavy atom. The van der Waals surface area contributed by atoms with Gasteiger partial charge in [-0.2, -0.15) is 4.98 Å². The van der Waals surface area contributed by atoms with Crippen LogP contribution >= 0.6 is 22.9 Å². The number of carbonyl (C=O) groups excluding carboxylic acids is 2. The number of aromatic nitrogens is 6. The molecule has 74 heavy (non-hydrogen) atoms. The maximum atomic E-state index is 14.8. The Hall–Kier alpha value is -5.32. The van der Waals surface area contributed by atoms with Crippen LogP contribution in [0.4, 0.5) is 0 Å². The van der Waals surface area contributed by atoms with Crippen LogP contribution < -0.4 is 10.9 Å². The van der Waals surface area contributed by atoms with Crippen LogP contribution in [0.2, 0.25) is 5.02 Å². The number of piperidine rings is 1. The number of halogens is 1. The van der Waals surface area contributed by atoms with Crippen molar-refractivity contribution in [2.45, 2.75) is 145 Å². The average Bonchev–Trinajstić information content (AvgIpc) is 4.25. The molecule has 14 nitrogen and oxygen atoms in total. The van der Waals surface area contributed by atoms with Gasteiger partial charge in [0.15, 0.2) is 0 Å². The predicted molar refractivity (Wildman–Crippen MR) is 287 cm³/mol. The summed E-state index contributed by atoms with van der Waals surface area (Å²) in [5, 5.41) is 24.5. The third-order valence-corrected chi connectivity index (χ3v) is 19.3. The van der Waals surface area contributed by atoms with E-state index in [1.54, 1.807) is 27.0 Å². The molecular formula is C58H68ClN9O5S. The zero-order chi connectivity index (χ0) is 50.7. The summed E-state index contributed by atoms with van der Waals surface area (Å²) < 4.78 is 9.78. The van der Waals surface area contributed by atoms with Gasteiger partial charge in [-0.25, -0.2) is 9.67 Å². The molecular weight excluding hydrogens is 970 g/mol. The maximum Gasteiger partial charge on any atom is 0.282 e. The number of benzene rings is 3. The van der Waals surface area contributed by atoms with Gasteiger partial charge in [0.2, 0.25) is 11.8 Å². The molecule has 388 valence electrons. The first-order chi connectivity index (χ1) is 36.0. The lowest BCUT2D eigenvalue weighted by Gasteiger charge is -2.37. The number of aryl methyl sites for hydroxylation is 1. The number of rotatable bonds is 11. The van der Waals surface area contributed by atoms with Gasteiger partial charge in [-0.1, -0.05) is 78.5 Å². The first-order valence-corrected chi connectivity index (χ1v) is 28.7. The molecule has 3 saturated heterocycles. The molecule has 2 amide bonds. The van der Waals surface area contributed by atoms with Crippen LogP contribution in [-0.2, 0) is 19.7 Å². The van der Waals surface area contributed by atoms with E-state index in [1.165, 1.54) is 23.2 Å². The fourth-order valence-electron chi connectivity index (χ4n) is 14.0. The Balaban J connectivity index is 0.676. The van der Waals surface area contributed by atoms with Crippen molar-refractivity contribution < 1.29 is 19.4 Å². The van der Waals surface area contributed by atoms with Gasteiger partial charge in [0.25, 0.3) is 5.56 Å². The highest BCUT2D eigenvalue weighted by molar-refractivity contribution is 7.13. The number of thiazole rings is 1. The summed E-state index contributed by atoms with van der Waals surface area (Å²) in [6, 6.07) is 19.3. The molecule has 0 unspecified atom stereocenters. The molecule has 3 aromatic heterocycles. The molecule has 0 radical (unpaired) electrons. The minimum absolute atomic E-state index is 0.0378. The van der Waals surface area contributed by atoms with E-state index in [0.29, 0.717) is 48.3 Å². The van der Waals surface area contributed by atoms with Gasteiger partial charge < -0.3 is 25.0 Å². The lowest BCUT2D eigenvalue weighted by atomic mass is 9.69. The van der Waals surface area contributed by atoms with Crippen molar-refractivity contribution >= 4 is 45.7 Å². The number of aliphatic hydroxyl groups is 1. The maximum absolute atomic E-state index is 14.8. The Kier molecular flexibility index (Phi) is 13.8. The lowest BCUT2D eigenvalue weighted by Crippen LogP contribution is -2.50. The van der Waals surface area contributed by atoms with E-state index in [9.17, 15) is 19.5 Å². The number of amides is 2. The van der Waals surface area contributed by atoms with Gasteiger partial charge in [-0.05, 0) is 149 Å². The van der Waals surface area contributed by atoms with Crippen LogP contribution in [0.25, 0.3) is 27.0 Å². The second kappa shape index (κ2) is 20.7. The van der Waals surface area contributed by atoms with Crippen molar-refractivity contribution in [2.75, 3.05) is 39.4 Å². The number of carbonyl (C=O) groups is 2. The molecule has 0 bridgehead atoms. The molecule has 16 heteroatoms. The smallest absolute Gasteiger partial charge is 0.282 e. The number of likely N-dealkylation sites (tertiary alicyclic amines) is 2. The molecule has 2 saturated carbocycles. The summed E-state index contributed by atoms with van der Waals surface area (Å²) in [7, 11) is 0. The Labute approximate surface area is 441 Å². The highest BCUT2D eigenvalue weighted by atomic mass is 35.5. The van der Waals surface area contributed by atoms with E-state index >= 15 is 0 Å². The SMILES string of the molecule is Cc1ncsc1-c1ccc([C@H](C)NC(=O)[C@@H]2C[C@@H](O)CN2C(=O)[C@H](C2CCOCC2)n2cc(C3CCC(CN4CCC(c5ccc6c(c5)-n5c(nc(=O)c7c(Cl)cccc75)C65CCCCC5)CC4)CC3)nn2)cc1. The summed E-state index contributed by atoms with van der Waals surface area (Å²) in [6.07, 6.45) is 14.8. The van der Waals surface area contributed by atoms with Crippen molar-refractivity contribution in [3.63, 3.8) is 0 Å². The minimum atomic E-state index is -0.803. The van der Waals surface area contributed by atoms with Gasteiger partial charge in [-0.15, -0.1) is 16.4 Å². The van der Waals surface area contributed by atoms with Crippen molar-refractivity contribution in [3.8, 4) is 16.1 Å². The quantitative estimate of drug-likeness (QED) is 0.128. The molecule has 5 fully saturated rings. The molecule has 12 rings (SSSR count). The first kappa shape index (κ1) is 49.6. The summed E-state index contributed by atoms with van der Waals surface area (Å²) in [5.41, 5.74) is 10.1. The number of nitrogens with one attached hydrogen (secondary N) is 1. The number of nitrogens with zero attached hydrogens (tertiary/aromatic N) is 8. The number of β-amino-alcohol motifs (C(OH)–C–C–N with tert-alkyl or cyclic N) is 1. The van der Waals surface area contributed by atoms with Gasteiger partial charge in [0.1, 0.15) is 17.9 Å². The van der Waals surface area contributed by atoms with E-state index in [-0.39, 0.29) is 53.6 Å². The van der Waals surface area contributed by atoms with Crippen LogP contribution in [0.3, 0.4) is 0 Å². The van der Waals surface area contributed by atoms with Crippen LogP contribution in [0, 0.1) is 18.8 Å². The first-order valence-electron chi connectivity index (χ1n) is 27.4. The van der Waals surface area contributed by atoms with E-state index < -0.39 is 18.2 Å². The van der Waals surface area contributed by atoms with Crippen molar-refractivity contribution in [1.29, 1.82) is 0 Å². The van der Waals surface area contributed by atoms with E-state index in [0.717, 1.165) is 123 Å². The van der Waals surface area contributed by atoms with Crippen molar-refractivity contribution in [2.24, 2.45) is 11.8 Å². The molecule has 3 aromatic carbocycles. The molecule has 1 spiro atoms. The summed E-state index contributed by atoms with van der Waals surface area (Å²) in [4.78, 5) is 57.0. The summed E-state index contributed by atoms with van der Waals surface area (Å²) >= 11 is 8.26. The molecule has 2 aliphatic carbocycles. The van der Waals surface area contributed by atoms with Gasteiger partial charge in [-0.3, -0.25) is 19.0 Å². The standard InChI is InChI=1S/C58H68ClN9O5S/c1-35(38-13-15-42(16-14-38)53-36(2)60-34-74-53)61-54(70)50-30-44(69)32-66(50)56(72)52(41-21-27-73-28-22-41)67-33-47(63-64-67)40-11-9-37(10-12-40)31-65-25-19-39(20-26-65)43-17-18-45-49(29-43)68-48-8-6-7-46(59)51(48)55(71)62-57(68)58(45)23-4-3-5-24-58/h6-8,13-18,29,33-35,37,39-41,44,50,52,69H,3-5,9-12,19-28,30-32H2,1-2H3,(H,61,70)/t35-,37?,40?,44+,50-,52-/m0/s1. The molecule has 7 heterocycles. The number of aliphatic hydroxyl groups excluding tert-OH is 1. The highest BCUT2D eigenvalue weighted by Crippen LogP contribution is 2.52. The molecule has 4 aliphatic heterocycles. The van der Waals surface area contributed by atoms with Gasteiger partial charge in [0, 0.05) is 44.8 Å². The Morgan fingerprint density at radius 1 is 0.946 bits per heavy atom. The zero-order valence-electron chi connectivity index (χ0n) is 42.6. The molecule has 2 N–H and O–H groups in total. The normalized spacial score (nSPS) is 24.2. The van der Waals surface area contributed by atoms with Crippen LogP contribution in [0.1, 0.15) is 155 Å². The number of fused-ring (bicyclic) bond motifs is 7. The fraction of sp³-hybridized carbons (Fsp3) is 0.534. The number of ether oxygens (including phenoxy) is 1. The summed E-state index contributed by atoms with van der Waals surface area (Å²) in [5.74, 6) is 1.75. The minimum Gasteiger partial charge on any atom is -0.391 e. The Morgan fingerprint density at radius 3 is 2.46 bits per heavy atom. The van der Waals surface area contributed by atoms with Crippen LogP contribution in [-0.4, -0.2) is 108 Å². The number of hydrogen-bond donors (Lipinski definition) is 2. The third-order valence-electron chi connectivity index (χ3n) is 18.0. The Bertz CT molecular complexity index is 3090. The zero-order valence-corrected chi connectivity index (χ0v) is 44.2. The third kappa shape index (κ3) is 9.21. The van der Waals surface area contributed by atoms with E-state index in [1.807, 2.05) is 49.8 Å². The van der Waals surface area contributed by atoms with Gasteiger partial charge >= 0.3 is 0 Å². The highest BCUT2D eigenvalue weighted by Gasteiger charge is 2.48. The predicted octanol–water partition coefficient (Wildman–Crippen LogP) is 9.59. The second-order valence-corrected chi connectivity index (χ2v) is 23.7. The topological polar surface area (TPSA) is 161 Å². The van der Waals surface area contributed by atoms with E-state index in [4.69, 9.17) is 26.4 Å².